The van der Waals surface area contributed by atoms with Crippen molar-refractivity contribution in [2.75, 3.05) is 19.7 Å². The molecule has 1 amide bonds. The summed E-state index contributed by atoms with van der Waals surface area (Å²) in [5.41, 5.74) is 2.10. The zero-order chi connectivity index (χ0) is 20.0. The van der Waals surface area contributed by atoms with Crippen LogP contribution in [0.25, 0.3) is 11.0 Å². The van der Waals surface area contributed by atoms with Gasteiger partial charge in [0, 0.05) is 30.0 Å². The maximum absolute atomic E-state index is 13.0. The molecule has 4 heterocycles. The molecule has 150 valence electrons. The van der Waals surface area contributed by atoms with Gasteiger partial charge in [-0.2, -0.15) is 0 Å². The zero-order valence-corrected chi connectivity index (χ0v) is 16.6. The third-order valence-electron chi connectivity index (χ3n) is 5.75. The number of aromatic nitrogens is 2. The van der Waals surface area contributed by atoms with Gasteiger partial charge in [-0.1, -0.05) is 18.2 Å². The van der Waals surface area contributed by atoms with Gasteiger partial charge in [-0.15, -0.1) is 0 Å². The molecule has 0 N–H and O–H groups in total. The number of hydrogen-bond donors (Lipinski definition) is 0. The van der Waals surface area contributed by atoms with Gasteiger partial charge in [0.15, 0.2) is 5.76 Å². The Bertz CT molecular complexity index is 1070. The maximum atomic E-state index is 13.0. The molecule has 1 spiro atoms. The summed E-state index contributed by atoms with van der Waals surface area (Å²) in [6.45, 7) is 5.51. The van der Waals surface area contributed by atoms with Crippen molar-refractivity contribution in [3.63, 3.8) is 0 Å². The Labute approximate surface area is 168 Å². The van der Waals surface area contributed by atoms with Crippen LogP contribution >= 0.6 is 0 Å². The third kappa shape index (κ3) is 3.25. The second kappa shape index (κ2) is 6.84. The summed E-state index contributed by atoms with van der Waals surface area (Å²) >= 11 is 0. The molecular weight excluding hydrogens is 370 g/mol. The average molecular weight is 393 g/mol. The largest absolute Gasteiger partial charge is 0.473 e. The van der Waals surface area contributed by atoms with Crippen LogP contribution in [0.1, 0.15) is 34.7 Å². The van der Waals surface area contributed by atoms with Crippen molar-refractivity contribution in [2.24, 2.45) is 0 Å². The van der Waals surface area contributed by atoms with Gasteiger partial charge in [0.1, 0.15) is 17.3 Å². The van der Waals surface area contributed by atoms with E-state index in [1.165, 1.54) is 0 Å². The van der Waals surface area contributed by atoms with Crippen LogP contribution in [0.2, 0.25) is 0 Å². The van der Waals surface area contributed by atoms with E-state index in [1.54, 1.807) is 17.3 Å². The first-order valence-corrected chi connectivity index (χ1v) is 9.90. The van der Waals surface area contributed by atoms with Crippen LogP contribution < -0.4 is 4.74 Å². The highest BCUT2D eigenvalue weighted by atomic mass is 16.5. The van der Waals surface area contributed by atoms with E-state index in [0.717, 1.165) is 35.1 Å². The van der Waals surface area contributed by atoms with Gasteiger partial charge in [-0.25, -0.2) is 4.98 Å². The first kappa shape index (κ1) is 18.1. The van der Waals surface area contributed by atoms with E-state index in [-0.39, 0.29) is 17.6 Å². The van der Waals surface area contributed by atoms with Gasteiger partial charge in [-0.05, 0) is 19.9 Å². The quantitative estimate of drug-likeness (QED) is 0.680. The van der Waals surface area contributed by atoms with Gasteiger partial charge in [0.05, 0.1) is 31.6 Å². The number of furan rings is 1. The first-order chi connectivity index (χ1) is 14.0. The van der Waals surface area contributed by atoms with E-state index >= 15 is 0 Å². The van der Waals surface area contributed by atoms with Gasteiger partial charge in [0.25, 0.3) is 5.91 Å². The van der Waals surface area contributed by atoms with Crippen molar-refractivity contribution < 1.29 is 18.7 Å². The van der Waals surface area contributed by atoms with Gasteiger partial charge < -0.3 is 18.8 Å². The number of para-hydroxylation sites is 1. The minimum absolute atomic E-state index is 0.00467. The molecule has 1 atom stereocenters. The normalized spacial score (nSPS) is 20.6. The molecule has 2 aliphatic rings. The Kier molecular flexibility index (Phi) is 4.28. The summed E-state index contributed by atoms with van der Waals surface area (Å²) in [4.78, 5) is 23.3. The number of rotatable bonds is 3. The van der Waals surface area contributed by atoms with E-state index < -0.39 is 0 Å². The molecule has 0 radical (unpaired) electrons. The van der Waals surface area contributed by atoms with Crippen LogP contribution in [0.5, 0.6) is 5.88 Å². The van der Waals surface area contributed by atoms with Crippen LogP contribution in [0, 0.1) is 13.8 Å². The smallest absolute Gasteiger partial charge is 0.290 e. The van der Waals surface area contributed by atoms with Crippen LogP contribution in [-0.2, 0) is 4.74 Å². The molecule has 0 aliphatic carbocycles. The Balaban J connectivity index is 1.26. The molecule has 0 saturated carbocycles. The molecule has 5 rings (SSSR count). The van der Waals surface area contributed by atoms with Gasteiger partial charge >= 0.3 is 0 Å². The van der Waals surface area contributed by atoms with Crippen molar-refractivity contribution in [3.05, 3.63) is 53.7 Å². The highest BCUT2D eigenvalue weighted by Crippen LogP contribution is 2.37. The number of nitrogens with zero attached hydrogens (tertiary/aromatic N) is 3. The summed E-state index contributed by atoms with van der Waals surface area (Å²) in [5, 5.41) is 0.979. The van der Waals surface area contributed by atoms with Crippen molar-refractivity contribution in [1.82, 2.24) is 14.9 Å². The Morgan fingerprint density at radius 2 is 2.07 bits per heavy atom. The number of aryl methyl sites for hydroxylation is 2. The molecule has 0 bridgehead atoms. The maximum Gasteiger partial charge on any atom is 0.290 e. The molecule has 2 aliphatic heterocycles. The predicted octanol–water partition coefficient (Wildman–Crippen LogP) is 3.29. The van der Waals surface area contributed by atoms with E-state index in [9.17, 15) is 4.79 Å². The molecule has 7 heteroatoms. The summed E-state index contributed by atoms with van der Waals surface area (Å²) in [7, 11) is 0. The van der Waals surface area contributed by atoms with E-state index in [1.807, 2.05) is 38.1 Å². The first-order valence-electron chi connectivity index (χ1n) is 9.90. The molecule has 2 saturated heterocycles. The molecule has 2 aromatic heterocycles. The fraction of sp³-hybridized carbons (Fsp3) is 0.409. The van der Waals surface area contributed by atoms with Crippen molar-refractivity contribution >= 4 is 16.9 Å². The topological polar surface area (TPSA) is 77.7 Å². The van der Waals surface area contributed by atoms with Gasteiger partial charge in [-0.3, -0.25) is 9.78 Å². The zero-order valence-electron chi connectivity index (χ0n) is 16.6. The lowest BCUT2D eigenvalue weighted by Crippen LogP contribution is -2.67. The lowest BCUT2D eigenvalue weighted by molar-refractivity contribution is -0.174. The number of amides is 1. The number of carbonyl (C=O) groups excluding carboxylic acids is 1. The summed E-state index contributed by atoms with van der Waals surface area (Å²) < 4.78 is 17.9. The lowest BCUT2D eigenvalue weighted by atomic mass is 9.84. The predicted molar refractivity (Wildman–Crippen MR) is 106 cm³/mol. The summed E-state index contributed by atoms with van der Waals surface area (Å²) in [6, 6.07) is 7.72. The van der Waals surface area contributed by atoms with Crippen molar-refractivity contribution in [1.29, 1.82) is 0 Å². The molecule has 1 aromatic carbocycles. The van der Waals surface area contributed by atoms with E-state index in [0.29, 0.717) is 31.3 Å². The van der Waals surface area contributed by atoms with Crippen LogP contribution in [0.4, 0.5) is 0 Å². The molecule has 2 fully saturated rings. The van der Waals surface area contributed by atoms with Crippen molar-refractivity contribution in [2.45, 2.75) is 38.4 Å². The van der Waals surface area contributed by atoms with Crippen molar-refractivity contribution in [3.8, 4) is 5.88 Å². The number of carbonyl (C=O) groups is 1. The van der Waals surface area contributed by atoms with Crippen LogP contribution in [0.3, 0.4) is 0 Å². The lowest BCUT2D eigenvalue weighted by Gasteiger charge is -2.52. The number of benzene rings is 1. The highest BCUT2D eigenvalue weighted by Gasteiger charge is 2.50. The summed E-state index contributed by atoms with van der Waals surface area (Å²) in [6.07, 6.45) is 4.87. The van der Waals surface area contributed by atoms with E-state index in [4.69, 9.17) is 13.9 Å². The minimum Gasteiger partial charge on any atom is -0.473 e. The fourth-order valence-electron chi connectivity index (χ4n) is 4.29. The molecule has 1 unspecified atom stereocenters. The molecule has 29 heavy (non-hydrogen) atoms. The molecular formula is C22H23N3O4. The Morgan fingerprint density at radius 1 is 1.24 bits per heavy atom. The van der Waals surface area contributed by atoms with E-state index in [2.05, 4.69) is 9.97 Å². The SMILES string of the molecule is Cc1cncc(OC2CCOC3(C2)CN(C(=O)c2oc4ccccc4c2C)C3)n1. The standard InChI is InChI=1S/C22H23N3O4/c1-14-10-23-11-19(24-14)28-16-7-8-27-22(9-16)12-25(13-22)21(26)20-15(2)17-5-3-4-6-18(17)29-20/h3-6,10-11,16H,7-9,12-13H2,1-2H3. The highest BCUT2D eigenvalue weighted by molar-refractivity contribution is 5.99. The monoisotopic (exact) mass is 393 g/mol. The van der Waals surface area contributed by atoms with Gasteiger partial charge in [0.2, 0.25) is 5.88 Å². The molecule has 7 nitrogen and oxygen atoms in total. The number of fused-ring (bicyclic) bond motifs is 1. The minimum atomic E-state index is -0.351. The average Bonchev–Trinajstić information content (AvgIpc) is 3.03. The van der Waals surface area contributed by atoms with Crippen LogP contribution in [0.15, 0.2) is 41.1 Å². The number of ether oxygens (including phenoxy) is 2. The fourth-order valence-corrected chi connectivity index (χ4v) is 4.29. The van der Waals surface area contributed by atoms with Crippen LogP contribution in [-0.4, -0.2) is 52.2 Å². The Morgan fingerprint density at radius 3 is 2.86 bits per heavy atom. The second-order valence-electron chi connectivity index (χ2n) is 7.98. The summed E-state index contributed by atoms with van der Waals surface area (Å²) in [5.74, 6) is 0.873. The number of hydrogen-bond acceptors (Lipinski definition) is 6. The molecule has 3 aromatic rings. The Hall–Kier alpha value is -2.93. The third-order valence-corrected chi connectivity index (χ3v) is 5.75. The number of likely N-dealkylation sites (tertiary alicyclic amines) is 1. The second-order valence-corrected chi connectivity index (χ2v) is 7.98.